The molecular formula is C17H21N3O2. The van der Waals surface area contributed by atoms with Gasteiger partial charge in [0, 0.05) is 18.3 Å². The number of rotatable bonds is 7. The van der Waals surface area contributed by atoms with Crippen LogP contribution in [0.1, 0.15) is 43.0 Å². The molecule has 1 aromatic carbocycles. The normalized spacial score (nSPS) is 10.4. The third-order valence-corrected chi connectivity index (χ3v) is 3.40. The molecule has 0 radical (unpaired) electrons. The minimum Gasteiger partial charge on any atom is -0.306 e. The second-order valence-corrected chi connectivity index (χ2v) is 5.17. The van der Waals surface area contributed by atoms with E-state index in [0.29, 0.717) is 12.1 Å². The van der Waals surface area contributed by atoms with Gasteiger partial charge in [-0.3, -0.25) is 9.36 Å². The van der Waals surface area contributed by atoms with Crippen molar-refractivity contribution in [3.05, 3.63) is 58.6 Å². The number of anilines is 1. The lowest BCUT2D eigenvalue weighted by molar-refractivity contribution is 0.102. The van der Waals surface area contributed by atoms with E-state index in [1.165, 1.54) is 6.42 Å². The molecule has 2 aromatic rings. The predicted octanol–water partition coefficient (Wildman–Crippen LogP) is 3.08. The molecule has 5 heteroatoms. The van der Waals surface area contributed by atoms with Crippen LogP contribution in [-0.4, -0.2) is 15.5 Å². The third-order valence-electron chi connectivity index (χ3n) is 3.40. The predicted molar refractivity (Wildman–Crippen MR) is 87.0 cm³/mol. The molecule has 0 saturated carbocycles. The Labute approximate surface area is 130 Å². The zero-order chi connectivity index (χ0) is 15.8. The molecule has 2 rings (SSSR count). The molecule has 0 saturated heterocycles. The van der Waals surface area contributed by atoms with E-state index in [9.17, 15) is 9.59 Å². The SMILES string of the molecule is CCCCCCn1ccc(NC(=O)c2ccccc2)nc1=O. The molecule has 0 aliphatic rings. The van der Waals surface area contributed by atoms with Crippen LogP contribution in [0.5, 0.6) is 0 Å². The summed E-state index contributed by atoms with van der Waals surface area (Å²) in [5.41, 5.74) is 0.204. The van der Waals surface area contributed by atoms with Crippen LogP contribution < -0.4 is 11.0 Å². The van der Waals surface area contributed by atoms with Crippen molar-refractivity contribution in [2.45, 2.75) is 39.2 Å². The van der Waals surface area contributed by atoms with E-state index < -0.39 is 0 Å². The Kier molecular flexibility index (Phi) is 5.89. The van der Waals surface area contributed by atoms with Crippen LogP contribution in [0.4, 0.5) is 5.82 Å². The Morgan fingerprint density at radius 2 is 1.91 bits per heavy atom. The Hall–Kier alpha value is -2.43. The first-order chi connectivity index (χ1) is 10.7. The number of nitrogens with zero attached hydrogens (tertiary/aromatic N) is 2. The Morgan fingerprint density at radius 1 is 1.14 bits per heavy atom. The highest BCUT2D eigenvalue weighted by Crippen LogP contribution is 2.05. The van der Waals surface area contributed by atoms with Crippen molar-refractivity contribution in [2.24, 2.45) is 0 Å². The highest BCUT2D eigenvalue weighted by molar-refractivity contribution is 6.03. The van der Waals surface area contributed by atoms with Crippen LogP contribution in [-0.2, 0) is 6.54 Å². The highest BCUT2D eigenvalue weighted by Gasteiger charge is 2.07. The molecule has 0 aliphatic carbocycles. The van der Waals surface area contributed by atoms with Gasteiger partial charge in [-0.2, -0.15) is 4.98 Å². The van der Waals surface area contributed by atoms with Crippen molar-refractivity contribution in [2.75, 3.05) is 5.32 Å². The largest absolute Gasteiger partial charge is 0.349 e. The third kappa shape index (κ3) is 4.55. The number of amides is 1. The van der Waals surface area contributed by atoms with Crippen molar-refractivity contribution in [1.29, 1.82) is 0 Å². The quantitative estimate of drug-likeness (QED) is 0.799. The molecule has 22 heavy (non-hydrogen) atoms. The number of unbranched alkanes of at least 4 members (excludes halogenated alkanes) is 3. The monoisotopic (exact) mass is 299 g/mol. The second kappa shape index (κ2) is 8.12. The average molecular weight is 299 g/mol. The lowest BCUT2D eigenvalue weighted by Crippen LogP contribution is -2.24. The molecule has 1 N–H and O–H groups in total. The Bertz CT molecular complexity index is 665. The smallest absolute Gasteiger partial charge is 0.306 e. The van der Waals surface area contributed by atoms with Crippen LogP contribution in [0, 0.1) is 0 Å². The van der Waals surface area contributed by atoms with Crippen LogP contribution in [0.15, 0.2) is 47.4 Å². The summed E-state index contributed by atoms with van der Waals surface area (Å²) in [6.07, 6.45) is 6.09. The van der Waals surface area contributed by atoms with Crippen LogP contribution >= 0.6 is 0 Å². The minimum absolute atomic E-state index is 0.270. The summed E-state index contributed by atoms with van der Waals surface area (Å²) < 4.78 is 1.58. The van der Waals surface area contributed by atoms with E-state index in [2.05, 4.69) is 17.2 Å². The van der Waals surface area contributed by atoms with Crippen molar-refractivity contribution >= 4 is 11.7 Å². The first-order valence-corrected chi connectivity index (χ1v) is 7.64. The van der Waals surface area contributed by atoms with E-state index in [4.69, 9.17) is 0 Å². The van der Waals surface area contributed by atoms with Gasteiger partial charge in [0.1, 0.15) is 5.82 Å². The number of nitrogens with one attached hydrogen (secondary N) is 1. The number of aromatic nitrogens is 2. The molecule has 0 aliphatic heterocycles. The topological polar surface area (TPSA) is 64.0 Å². The van der Waals surface area contributed by atoms with Crippen LogP contribution in [0.25, 0.3) is 0 Å². The van der Waals surface area contributed by atoms with Crippen molar-refractivity contribution in [3.63, 3.8) is 0 Å². The molecule has 5 nitrogen and oxygen atoms in total. The summed E-state index contributed by atoms with van der Waals surface area (Å²) in [7, 11) is 0. The lowest BCUT2D eigenvalue weighted by Gasteiger charge is -2.07. The van der Waals surface area contributed by atoms with Crippen molar-refractivity contribution in [3.8, 4) is 0 Å². The molecule has 0 fully saturated rings. The molecular weight excluding hydrogens is 278 g/mol. The number of benzene rings is 1. The second-order valence-electron chi connectivity index (χ2n) is 5.17. The number of hydrogen-bond donors (Lipinski definition) is 1. The summed E-state index contributed by atoms with van der Waals surface area (Å²) in [5.74, 6) is 0.0110. The summed E-state index contributed by atoms with van der Waals surface area (Å²) in [5, 5.41) is 2.64. The van der Waals surface area contributed by atoms with Gasteiger partial charge in [0.05, 0.1) is 0 Å². The minimum atomic E-state index is -0.331. The summed E-state index contributed by atoms with van der Waals surface area (Å²) in [6.45, 7) is 2.82. The van der Waals surface area contributed by atoms with Gasteiger partial charge in [0.15, 0.2) is 0 Å². The van der Waals surface area contributed by atoms with Gasteiger partial charge in [0.25, 0.3) is 5.91 Å². The average Bonchev–Trinajstić information content (AvgIpc) is 2.54. The highest BCUT2D eigenvalue weighted by atomic mass is 16.2. The summed E-state index contributed by atoms with van der Waals surface area (Å²) in [4.78, 5) is 27.8. The molecule has 1 aromatic heterocycles. The summed E-state index contributed by atoms with van der Waals surface area (Å²) >= 11 is 0. The number of carbonyl (C=O) groups is 1. The van der Waals surface area contributed by atoms with Gasteiger partial charge in [-0.1, -0.05) is 44.4 Å². The van der Waals surface area contributed by atoms with Gasteiger partial charge in [-0.05, 0) is 24.6 Å². The fraction of sp³-hybridized carbons (Fsp3) is 0.353. The number of carbonyl (C=O) groups excluding carboxylic acids is 1. The van der Waals surface area contributed by atoms with Gasteiger partial charge in [0.2, 0.25) is 0 Å². The van der Waals surface area contributed by atoms with Crippen molar-refractivity contribution < 1.29 is 4.79 Å². The van der Waals surface area contributed by atoms with E-state index in [1.807, 2.05) is 6.07 Å². The van der Waals surface area contributed by atoms with Gasteiger partial charge >= 0.3 is 5.69 Å². The summed E-state index contributed by atoms with van der Waals surface area (Å²) in [6, 6.07) is 10.5. The molecule has 1 heterocycles. The maximum atomic E-state index is 12.0. The number of hydrogen-bond acceptors (Lipinski definition) is 3. The molecule has 0 unspecified atom stereocenters. The van der Waals surface area contributed by atoms with E-state index in [0.717, 1.165) is 19.3 Å². The maximum Gasteiger partial charge on any atom is 0.349 e. The number of aryl methyl sites for hydroxylation is 1. The fourth-order valence-electron chi connectivity index (χ4n) is 2.16. The van der Waals surface area contributed by atoms with Crippen LogP contribution in [0.2, 0.25) is 0 Å². The lowest BCUT2D eigenvalue weighted by atomic mass is 10.2. The first kappa shape index (κ1) is 15.9. The molecule has 0 spiro atoms. The zero-order valence-corrected chi connectivity index (χ0v) is 12.8. The molecule has 0 bridgehead atoms. The first-order valence-electron chi connectivity index (χ1n) is 7.64. The van der Waals surface area contributed by atoms with Gasteiger partial charge in [-0.15, -0.1) is 0 Å². The van der Waals surface area contributed by atoms with Crippen LogP contribution in [0.3, 0.4) is 0 Å². The molecule has 116 valence electrons. The van der Waals surface area contributed by atoms with E-state index in [1.54, 1.807) is 41.1 Å². The molecule has 0 atom stereocenters. The van der Waals surface area contributed by atoms with Gasteiger partial charge in [-0.25, -0.2) is 4.79 Å². The molecule has 1 amide bonds. The fourth-order valence-corrected chi connectivity index (χ4v) is 2.16. The zero-order valence-electron chi connectivity index (χ0n) is 12.8. The van der Waals surface area contributed by atoms with E-state index >= 15 is 0 Å². The van der Waals surface area contributed by atoms with Gasteiger partial charge < -0.3 is 5.32 Å². The van der Waals surface area contributed by atoms with Crippen molar-refractivity contribution in [1.82, 2.24) is 9.55 Å². The maximum absolute atomic E-state index is 12.0. The Morgan fingerprint density at radius 3 is 2.59 bits per heavy atom. The standard InChI is InChI=1S/C17H21N3O2/c1-2-3-4-8-12-20-13-11-15(19-17(20)22)18-16(21)14-9-6-5-7-10-14/h5-7,9-11,13H,2-4,8,12H2,1H3,(H,18,19,21,22). The Balaban J connectivity index is 1.97. The van der Waals surface area contributed by atoms with E-state index in [-0.39, 0.29) is 17.4 Å².